The number of carbonyl (C=O) groups is 1. The van der Waals surface area contributed by atoms with Crippen molar-refractivity contribution in [3.8, 4) is 11.1 Å². The van der Waals surface area contributed by atoms with Crippen molar-refractivity contribution in [2.75, 3.05) is 6.54 Å². The highest BCUT2D eigenvalue weighted by Gasteiger charge is 2.21. The van der Waals surface area contributed by atoms with Gasteiger partial charge in [0.25, 0.3) is 0 Å². The van der Waals surface area contributed by atoms with Crippen LogP contribution in [0.5, 0.6) is 0 Å². The largest absolute Gasteiger partial charge is 0.351 e. The third kappa shape index (κ3) is 3.79. The highest BCUT2D eigenvalue weighted by atomic mass is 19.1. The van der Waals surface area contributed by atoms with Gasteiger partial charge < -0.3 is 10.6 Å². The Kier molecular flexibility index (Phi) is 5.20. The molecule has 5 heteroatoms. The van der Waals surface area contributed by atoms with Gasteiger partial charge in [0.1, 0.15) is 12.5 Å². The van der Waals surface area contributed by atoms with Gasteiger partial charge in [-0.1, -0.05) is 24.3 Å². The molecule has 2 aromatic rings. The molecule has 1 aliphatic rings. The molecule has 1 fully saturated rings. The average Bonchev–Trinajstić information content (AvgIpc) is 3.15. The maximum Gasteiger partial charge on any atom is 0.237 e. The molecule has 0 aromatic heterocycles. The van der Waals surface area contributed by atoms with Crippen molar-refractivity contribution in [2.45, 2.75) is 32.1 Å². The lowest BCUT2D eigenvalue weighted by Crippen LogP contribution is -2.39. The Bertz CT molecular complexity index is 727. The summed E-state index contributed by atoms with van der Waals surface area (Å²) in [5.74, 6) is -0.396. The van der Waals surface area contributed by atoms with Gasteiger partial charge >= 0.3 is 0 Å². The van der Waals surface area contributed by atoms with Crippen LogP contribution in [0.15, 0.2) is 42.5 Å². The lowest BCUT2D eigenvalue weighted by molar-refractivity contribution is -0.122. The van der Waals surface area contributed by atoms with E-state index in [1.165, 1.54) is 18.2 Å². The Balaban J connectivity index is 1.73. The number of hydrogen-bond donors (Lipinski definition) is 2. The number of carbonyl (C=O) groups excluding carboxylic acids is 1. The Morgan fingerprint density at radius 3 is 2.83 bits per heavy atom. The molecule has 0 radical (unpaired) electrons. The van der Waals surface area contributed by atoms with Gasteiger partial charge in [-0.25, -0.2) is 8.78 Å². The maximum absolute atomic E-state index is 14.0. The first kappa shape index (κ1) is 16.6. The predicted molar refractivity (Wildman–Crippen MR) is 89.5 cm³/mol. The fraction of sp³-hybridized carbons (Fsp3) is 0.316. The molecule has 24 heavy (non-hydrogen) atoms. The van der Waals surface area contributed by atoms with Gasteiger partial charge in [-0.2, -0.15) is 0 Å². The predicted octanol–water partition coefficient (Wildman–Crippen LogP) is 3.33. The molecule has 126 valence electrons. The SMILES string of the molecule is O=C(NCc1cccc(-c2cc(CF)ccc2F)c1)[C@@H]1CCCN1. The molecule has 0 saturated carbocycles. The minimum Gasteiger partial charge on any atom is -0.351 e. The van der Waals surface area contributed by atoms with E-state index >= 15 is 0 Å². The molecule has 1 amide bonds. The van der Waals surface area contributed by atoms with Gasteiger partial charge in [0.05, 0.1) is 6.04 Å². The number of rotatable bonds is 5. The molecule has 3 nitrogen and oxygen atoms in total. The van der Waals surface area contributed by atoms with E-state index in [1.54, 1.807) is 6.07 Å². The standard InChI is InChI=1S/C19H20F2N2O/c20-11-13-6-7-17(21)16(10-13)15-4-1-3-14(9-15)12-23-19(24)18-5-2-8-22-18/h1,3-4,6-7,9-10,18,22H,2,5,8,11-12H2,(H,23,24)/t18-/m0/s1. The van der Waals surface area contributed by atoms with E-state index in [-0.39, 0.29) is 17.8 Å². The monoisotopic (exact) mass is 330 g/mol. The van der Waals surface area contributed by atoms with E-state index in [0.717, 1.165) is 24.9 Å². The minimum atomic E-state index is -0.628. The summed E-state index contributed by atoms with van der Waals surface area (Å²) >= 11 is 0. The summed E-state index contributed by atoms with van der Waals surface area (Å²) in [6, 6.07) is 11.4. The molecule has 2 aromatic carbocycles. The van der Waals surface area contributed by atoms with Crippen LogP contribution in [0.25, 0.3) is 11.1 Å². The van der Waals surface area contributed by atoms with E-state index < -0.39 is 6.67 Å². The number of alkyl halides is 1. The zero-order chi connectivity index (χ0) is 16.9. The van der Waals surface area contributed by atoms with Crippen LogP contribution in [0.1, 0.15) is 24.0 Å². The van der Waals surface area contributed by atoms with Gasteiger partial charge in [-0.3, -0.25) is 4.79 Å². The van der Waals surface area contributed by atoms with Gasteiger partial charge in [0.15, 0.2) is 0 Å². The highest BCUT2D eigenvalue weighted by molar-refractivity contribution is 5.82. The summed E-state index contributed by atoms with van der Waals surface area (Å²) in [6.45, 7) is 0.629. The Hall–Kier alpha value is -2.27. The summed E-state index contributed by atoms with van der Waals surface area (Å²) < 4.78 is 26.9. The molecule has 1 heterocycles. The van der Waals surface area contributed by atoms with Gasteiger partial charge in [0.2, 0.25) is 5.91 Å². The van der Waals surface area contributed by atoms with Crippen molar-refractivity contribution in [2.24, 2.45) is 0 Å². The van der Waals surface area contributed by atoms with Crippen molar-refractivity contribution >= 4 is 5.91 Å². The number of benzene rings is 2. The van der Waals surface area contributed by atoms with Gasteiger partial charge in [0, 0.05) is 12.1 Å². The van der Waals surface area contributed by atoms with Crippen LogP contribution in [0.4, 0.5) is 8.78 Å². The molecule has 3 rings (SSSR count). The van der Waals surface area contributed by atoms with Crippen LogP contribution >= 0.6 is 0 Å². The van der Waals surface area contributed by atoms with Crippen LogP contribution < -0.4 is 10.6 Å². The molecule has 0 bridgehead atoms. The second-order valence-electron chi connectivity index (χ2n) is 6.01. The zero-order valence-corrected chi connectivity index (χ0v) is 13.3. The van der Waals surface area contributed by atoms with Crippen LogP contribution in [-0.2, 0) is 18.0 Å². The van der Waals surface area contributed by atoms with E-state index in [4.69, 9.17) is 0 Å². The summed E-state index contributed by atoms with van der Waals surface area (Å²) in [7, 11) is 0. The molecule has 0 spiro atoms. The normalized spacial score (nSPS) is 17.0. The number of halogens is 2. The Morgan fingerprint density at radius 1 is 1.21 bits per heavy atom. The van der Waals surface area contributed by atoms with Crippen molar-refractivity contribution in [1.29, 1.82) is 0 Å². The zero-order valence-electron chi connectivity index (χ0n) is 13.3. The fourth-order valence-corrected chi connectivity index (χ4v) is 2.95. The Morgan fingerprint density at radius 2 is 2.08 bits per heavy atom. The molecule has 0 aliphatic carbocycles. The smallest absolute Gasteiger partial charge is 0.237 e. The summed E-state index contributed by atoms with van der Waals surface area (Å²) in [5.41, 5.74) is 2.37. The van der Waals surface area contributed by atoms with Crippen molar-refractivity contribution in [3.05, 3.63) is 59.4 Å². The molecular weight excluding hydrogens is 310 g/mol. The van der Waals surface area contributed by atoms with E-state index in [2.05, 4.69) is 10.6 Å². The molecule has 1 saturated heterocycles. The van der Waals surface area contributed by atoms with Crippen LogP contribution in [0, 0.1) is 5.82 Å². The fourth-order valence-electron chi connectivity index (χ4n) is 2.95. The second kappa shape index (κ2) is 7.53. The molecular formula is C19H20F2N2O. The molecule has 1 atom stereocenters. The quantitative estimate of drug-likeness (QED) is 0.883. The lowest BCUT2D eigenvalue weighted by Gasteiger charge is -2.12. The lowest BCUT2D eigenvalue weighted by atomic mass is 10.0. The first-order valence-electron chi connectivity index (χ1n) is 8.12. The first-order valence-corrected chi connectivity index (χ1v) is 8.12. The average molecular weight is 330 g/mol. The van der Waals surface area contributed by atoms with Crippen LogP contribution in [-0.4, -0.2) is 18.5 Å². The topological polar surface area (TPSA) is 41.1 Å². The third-order valence-electron chi connectivity index (χ3n) is 4.27. The summed E-state index contributed by atoms with van der Waals surface area (Å²) in [4.78, 5) is 12.0. The molecule has 1 aliphatic heterocycles. The number of hydrogen-bond acceptors (Lipinski definition) is 2. The van der Waals surface area contributed by atoms with E-state index in [1.807, 2.05) is 18.2 Å². The number of amides is 1. The summed E-state index contributed by atoms with van der Waals surface area (Å²) in [5, 5.41) is 6.05. The molecule has 0 unspecified atom stereocenters. The van der Waals surface area contributed by atoms with Crippen molar-refractivity contribution in [1.82, 2.24) is 10.6 Å². The molecule has 2 N–H and O–H groups in total. The maximum atomic E-state index is 14.0. The summed E-state index contributed by atoms with van der Waals surface area (Å²) in [6.07, 6.45) is 1.87. The minimum absolute atomic E-state index is 0.0106. The van der Waals surface area contributed by atoms with Crippen molar-refractivity contribution in [3.63, 3.8) is 0 Å². The van der Waals surface area contributed by atoms with E-state index in [9.17, 15) is 13.6 Å². The van der Waals surface area contributed by atoms with Crippen LogP contribution in [0.3, 0.4) is 0 Å². The van der Waals surface area contributed by atoms with Gasteiger partial charge in [-0.15, -0.1) is 0 Å². The highest BCUT2D eigenvalue weighted by Crippen LogP contribution is 2.25. The Labute approximate surface area is 140 Å². The van der Waals surface area contributed by atoms with Gasteiger partial charge in [-0.05, 0) is 54.3 Å². The van der Waals surface area contributed by atoms with Crippen LogP contribution in [0.2, 0.25) is 0 Å². The third-order valence-corrected chi connectivity index (χ3v) is 4.27. The first-order chi connectivity index (χ1) is 11.7. The van der Waals surface area contributed by atoms with Crippen molar-refractivity contribution < 1.29 is 13.6 Å². The second-order valence-corrected chi connectivity index (χ2v) is 6.01. The number of nitrogens with one attached hydrogen (secondary N) is 2. The van der Waals surface area contributed by atoms with E-state index in [0.29, 0.717) is 23.2 Å².